The van der Waals surface area contributed by atoms with Gasteiger partial charge in [-0.2, -0.15) is 0 Å². The number of benzene rings is 4. The molecule has 0 aliphatic rings. The highest BCUT2D eigenvalue weighted by Crippen LogP contribution is 2.35. The van der Waals surface area contributed by atoms with Gasteiger partial charge in [0.1, 0.15) is 16.8 Å². The van der Waals surface area contributed by atoms with Gasteiger partial charge >= 0.3 is 0 Å². The summed E-state index contributed by atoms with van der Waals surface area (Å²) in [6.45, 7) is 0. The van der Waals surface area contributed by atoms with Crippen LogP contribution in [0.3, 0.4) is 0 Å². The number of nitrogens with zero attached hydrogens (tertiary/aromatic N) is 5. The Morgan fingerprint density at radius 1 is 0.475 bits per heavy atom. The van der Waals surface area contributed by atoms with Gasteiger partial charge < -0.3 is 8.82 Å². The lowest BCUT2D eigenvalue weighted by atomic mass is 10.1. The maximum atomic E-state index is 6.28. The third kappa shape index (κ3) is 3.82. The zero-order valence-corrected chi connectivity index (χ0v) is 21.3. The molecule has 0 saturated carbocycles. The number of hydrogen-bond donors (Lipinski definition) is 0. The molecule has 0 N–H and O–H groups in total. The molecule has 0 aliphatic carbocycles. The predicted molar refractivity (Wildman–Crippen MR) is 158 cm³/mol. The van der Waals surface area contributed by atoms with Crippen molar-refractivity contribution in [1.29, 1.82) is 0 Å². The molecule has 4 aromatic heterocycles. The van der Waals surface area contributed by atoms with Crippen LogP contribution in [0.15, 0.2) is 132 Å². The fourth-order valence-electron chi connectivity index (χ4n) is 5.09. The van der Waals surface area contributed by atoms with E-state index in [4.69, 9.17) is 24.4 Å². The van der Waals surface area contributed by atoms with E-state index >= 15 is 0 Å². The highest BCUT2D eigenvalue weighted by atomic mass is 16.3. The number of hydrogen-bond acceptors (Lipinski definition) is 5. The molecule has 4 aromatic carbocycles. The Balaban J connectivity index is 1.26. The van der Waals surface area contributed by atoms with Crippen molar-refractivity contribution >= 4 is 27.6 Å². The molecule has 4 heterocycles. The second-order valence-electron chi connectivity index (χ2n) is 9.65. The first-order chi connectivity index (χ1) is 19.8. The molecule has 0 atom stereocenters. The van der Waals surface area contributed by atoms with Crippen LogP contribution in [0.25, 0.3) is 73.0 Å². The van der Waals surface area contributed by atoms with Crippen molar-refractivity contribution in [2.24, 2.45) is 0 Å². The molecule has 0 saturated heterocycles. The van der Waals surface area contributed by atoms with Gasteiger partial charge in [0, 0.05) is 45.4 Å². The van der Waals surface area contributed by atoms with E-state index in [0.717, 1.165) is 55.5 Å². The lowest BCUT2D eigenvalue weighted by Gasteiger charge is -2.08. The fraction of sp³-hybridized carbons (Fsp3) is 0. The molecule has 40 heavy (non-hydrogen) atoms. The van der Waals surface area contributed by atoms with E-state index < -0.39 is 0 Å². The van der Waals surface area contributed by atoms with Gasteiger partial charge in [-0.25, -0.2) is 19.9 Å². The van der Waals surface area contributed by atoms with Crippen LogP contribution in [0.2, 0.25) is 0 Å². The van der Waals surface area contributed by atoms with E-state index in [1.54, 1.807) is 0 Å². The number of furan rings is 1. The zero-order chi connectivity index (χ0) is 26.5. The van der Waals surface area contributed by atoms with Crippen molar-refractivity contribution in [2.75, 3.05) is 0 Å². The molecule has 0 spiro atoms. The zero-order valence-electron chi connectivity index (χ0n) is 21.3. The summed E-state index contributed by atoms with van der Waals surface area (Å²) >= 11 is 0. The molecule has 8 rings (SSSR count). The number of rotatable bonds is 4. The minimum Gasteiger partial charge on any atom is -0.456 e. The number of fused-ring (bicyclic) bond motifs is 4. The van der Waals surface area contributed by atoms with Crippen LogP contribution in [0.1, 0.15) is 0 Å². The van der Waals surface area contributed by atoms with Gasteiger partial charge in [-0.05, 0) is 42.5 Å². The van der Waals surface area contributed by atoms with Crippen molar-refractivity contribution in [1.82, 2.24) is 24.3 Å². The first-order valence-electron chi connectivity index (χ1n) is 13.1. The van der Waals surface area contributed by atoms with Crippen molar-refractivity contribution in [3.8, 4) is 45.4 Å². The summed E-state index contributed by atoms with van der Waals surface area (Å²) in [4.78, 5) is 19.3. The molecule has 188 valence electrons. The monoisotopic (exact) mass is 515 g/mol. The normalized spacial score (nSPS) is 11.5. The third-order valence-corrected chi connectivity index (χ3v) is 7.09. The van der Waals surface area contributed by atoms with Crippen LogP contribution >= 0.6 is 0 Å². The molecule has 8 aromatic rings. The molecule has 6 heteroatoms. The molecular formula is C34H21N5O. The van der Waals surface area contributed by atoms with Gasteiger partial charge in [-0.3, -0.25) is 0 Å². The van der Waals surface area contributed by atoms with Crippen molar-refractivity contribution in [2.45, 2.75) is 0 Å². The fourth-order valence-corrected chi connectivity index (χ4v) is 5.09. The van der Waals surface area contributed by atoms with E-state index in [9.17, 15) is 0 Å². The highest BCUT2D eigenvalue weighted by molar-refractivity contribution is 6.07. The Bertz CT molecular complexity index is 2070. The Morgan fingerprint density at radius 2 is 1.12 bits per heavy atom. The van der Waals surface area contributed by atoms with Crippen LogP contribution in [0, 0.1) is 0 Å². The molecule has 0 fully saturated rings. The summed E-state index contributed by atoms with van der Waals surface area (Å²) in [6, 6.07) is 38.3. The molecule has 6 nitrogen and oxygen atoms in total. The highest BCUT2D eigenvalue weighted by Gasteiger charge is 2.15. The largest absolute Gasteiger partial charge is 0.456 e. The van der Waals surface area contributed by atoms with Gasteiger partial charge in [0.25, 0.3) is 0 Å². The van der Waals surface area contributed by atoms with E-state index in [1.807, 2.05) is 108 Å². The van der Waals surface area contributed by atoms with Gasteiger partial charge in [0.15, 0.2) is 17.5 Å². The van der Waals surface area contributed by atoms with E-state index in [-0.39, 0.29) is 0 Å². The van der Waals surface area contributed by atoms with Crippen LogP contribution < -0.4 is 0 Å². The Morgan fingerprint density at radius 3 is 1.82 bits per heavy atom. The summed E-state index contributed by atoms with van der Waals surface area (Å²) < 4.78 is 8.30. The number of aromatic nitrogens is 5. The summed E-state index contributed by atoms with van der Waals surface area (Å²) in [5.41, 5.74) is 7.23. The van der Waals surface area contributed by atoms with Crippen LogP contribution in [-0.2, 0) is 0 Å². The topological polar surface area (TPSA) is 69.1 Å². The second kappa shape index (κ2) is 8.99. The Kier molecular flexibility index (Phi) is 5.03. The lowest BCUT2D eigenvalue weighted by Crippen LogP contribution is -2.00. The summed E-state index contributed by atoms with van der Waals surface area (Å²) in [6.07, 6.45) is 4.04. The minimum absolute atomic E-state index is 0.616. The maximum absolute atomic E-state index is 6.28. The smallest absolute Gasteiger partial charge is 0.164 e. The average molecular weight is 516 g/mol. The minimum atomic E-state index is 0.616. The first-order valence-corrected chi connectivity index (χ1v) is 13.1. The summed E-state index contributed by atoms with van der Waals surface area (Å²) in [5, 5.41) is 2.04. The van der Waals surface area contributed by atoms with Crippen molar-refractivity contribution < 1.29 is 4.42 Å². The lowest BCUT2D eigenvalue weighted by molar-refractivity contribution is 0.669. The van der Waals surface area contributed by atoms with Gasteiger partial charge in [-0.15, -0.1) is 0 Å². The number of pyridine rings is 1. The van der Waals surface area contributed by atoms with Crippen LogP contribution in [-0.4, -0.2) is 24.3 Å². The standard InChI is InChI=1S/C34H21N5O/c1-3-9-22(10-4-1)32-36-33(23-11-5-2-6-12-23)38-34(37-32)25-15-17-29-27(19-25)26-16-14-24(20-30(26)40-29)28-21-39-18-8-7-13-31(39)35-28/h1-21H. The number of imidazole rings is 1. The van der Waals surface area contributed by atoms with Gasteiger partial charge in [0.05, 0.1) is 5.69 Å². The molecule has 0 unspecified atom stereocenters. The van der Waals surface area contributed by atoms with Gasteiger partial charge in [-0.1, -0.05) is 72.8 Å². The SMILES string of the molecule is c1ccc(-c2nc(-c3ccccc3)nc(-c3ccc4oc5cc(-c6cn7ccccc7n6)ccc5c4c3)n2)cc1. The quantitative estimate of drug-likeness (QED) is 0.237. The van der Waals surface area contributed by atoms with Crippen molar-refractivity contribution in [3.63, 3.8) is 0 Å². The van der Waals surface area contributed by atoms with E-state index in [0.29, 0.717) is 17.5 Å². The molecular weight excluding hydrogens is 494 g/mol. The van der Waals surface area contributed by atoms with Crippen LogP contribution in [0.5, 0.6) is 0 Å². The van der Waals surface area contributed by atoms with E-state index in [2.05, 4.69) is 24.3 Å². The van der Waals surface area contributed by atoms with Crippen molar-refractivity contribution in [3.05, 3.63) is 128 Å². The van der Waals surface area contributed by atoms with Crippen LogP contribution in [0.4, 0.5) is 0 Å². The summed E-state index contributed by atoms with van der Waals surface area (Å²) in [5.74, 6) is 1.89. The molecule has 0 radical (unpaired) electrons. The second-order valence-corrected chi connectivity index (χ2v) is 9.65. The average Bonchev–Trinajstić information content (AvgIpc) is 3.62. The molecule has 0 amide bonds. The molecule has 0 bridgehead atoms. The Labute approximate surface area is 229 Å². The van der Waals surface area contributed by atoms with Gasteiger partial charge in [0.2, 0.25) is 0 Å². The third-order valence-electron chi connectivity index (χ3n) is 7.09. The molecule has 0 aliphatic heterocycles. The Hall–Kier alpha value is -5.62. The maximum Gasteiger partial charge on any atom is 0.164 e. The first kappa shape index (κ1) is 22.4. The van der Waals surface area contributed by atoms with E-state index in [1.165, 1.54) is 0 Å². The summed E-state index contributed by atoms with van der Waals surface area (Å²) in [7, 11) is 0. The predicted octanol–water partition coefficient (Wildman–Crippen LogP) is 8.09.